The number of nitrogens with zero attached hydrogens (tertiary/aromatic N) is 3. The van der Waals surface area contributed by atoms with Crippen LogP contribution >= 0.6 is 0 Å². The summed E-state index contributed by atoms with van der Waals surface area (Å²) in [6.45, 7) is 3.73. The van der Waals surface area contributed by atoms with E-state index in [4.69, 9.17) is 18.9 Å². The van der Waals surface area contributed by atoms with E-state index in [-0.39, 0.29) is 23.3 Å². The van der Waals surface area contributed by atoms with Crippen molar-refractivity contribution in [3.63, 3.8) is 0 Å². The van der Waals surface area contributed by atoms with Crippen LogP contribution in [0.25, 0.3) is 16.6 Å². The Labute approximate surface area is 239 Å². The molecule has 2 aromatic heterocycles. The summed E-state index contributed by atoms with van der Waals surface area (Å²) in [6.07, 6.45) is 4.41. The van der Waals surface area contributed by atoms with Crippen LogP contribution in [0.3, 0.4) is 0 Å². The zero-order valence-electron chi connectivity index (χ0n) is 23.5. The van der Waals surface area contributed by atoms with E-state index in [2.05, 4.69) is 10.4 Å². The summed E-state index contributed by atoms with van der Waals surface area (Å²) in [6, 6.07) is 8.56. The molecule has 0 saturated carbocycles. The second-order valence-electron chi connectivity index (χ2n) is 9.57. The number of pyridine rings is 1. The minimum absolute atomic E-state index is 0.0424. The van der Waals surface area contributed by atoms with E-state index >= 15 is 0 Å². The number of carbonyl (C=O) groups excluding carboxylic acids is 2. The average molecular weight is 589 g/mol. The maximum atomic E-state index is 13.9. The number of ether oxygens (including phenoxy) is 4. The van der Waals surface area contributed by atoms with Gasteiger partial charge in [0, 0.05) is 43.9 Å². The van der Waals surface area contributed by atoms with Gasteiger partial charge in [0.2, 0.25) is 15.9 Å². The Morgan fingerprint density at radius 3 is 2.59 bits per heavy atom. The van der Waals surface area contributed by atoms with Crippen LogP contribution < -0.4 is 10.1 Å². The molecule has 1 saturated heterocycles. The molecule has 0 unspecified atom stereocenters. The van der Waals surface area contributed by atoms with Gasteiger partial charge >= 0.3 is 5.97 Å². The van der Waals surface area contributed by atoms with E-state index in [1.165, 1.54) is 25.4 Å². The molecule has 1 aromatic carbocycles. The Hall–Kier alpha value is -3.52. The lowest BCUT2D eigenvalue weighted by molar-refractivity contribution is -0.139. The second kappa shape index (κ2) is 13.9. The molecule has 0 aliphatic carbocycles. The minimum Gasteiger partial charge on any atom is -0.496 e. The van der Waals surface area contributed by atoms with Crippen molar-refractivity contribution < 1.29 is 37.0 Å². The van der Waals surface area contributed by atoms with Gasteiger partial charge in [0.05, 0.1) is 63.2 Å². The van der Waals surface area contributed by atoms with Gasteiger partial charge in [0.1, 0.15) is 5.75 Å². The number of piperidine rings is 1. The number of hydrogen-bond donors (Lipinski definition) is 1. The summed E-state index contributed by atoms with van der Waals surface area (Å²) in [7, 11) is -1.04. The van der Waals surface area contributed by atoms with Crippen LogP contribution in [0.2, 0.25) is 0 Å². The van der Waals surface area contributed by atoms with Crippen LogP contribution in [0, 0.1) is 0 Å². The summed E-state index contributed by atoms with van der Waals surface area (Å²) >= 11 is 0. The van der Waals surface area contributed by atoms with Gasteiger partial charge in [-0.3, -0.25) is 9.59 Å². The zero-order chi connectivity index (χ0) is 29.4. The highest BCUT2D eigenvalue weighted by Gasteiger charge is 2.32. The topological polar surface area (TPSA) is 138 Å². The zero-order valence-corrected chi connectivity index (χ0v) is 24.3. The van der Waals surface area contributed by atoms with Crippen molar-refractivity contribution in [1.29, 1.82) is 0 Å². The maximum absolute atomic E-state index is 13.9. The molecule has 12 nitrogen and oxygen atoms in total. The molecule has 1 N–H and O–H groups in total. The van der Waals surface area contributed by atoms with E-state index in [9.17, 15) is 18.0 Å². The van der Waals surface area contributed by atoms with Crippen LogP contribution in [0.5, 0.6) is 5.75 Å². The lowest BCUT2D eigenvalue weighted by atomic mass is 10.0. The van der Waals surface area contributed by atoms with Crippen LogP contribution in [0.1, 0.15) is 25.3 Å². The number of methoxy groups -OCH3 is 2. The molecular weight excluding hydrogens is 552 g/mol. The lowest BCUT2D eigenvalue weighted by Crippen LogP contribution is -2.41. The van der Waals surface area contributed by atoms with Crippen LogP contribution in [0.15, 0.2) is 47.6 Å². The number of amides is 1. The molecule has 1 fully saturated rings. The molecule has 4 rings (SSSR count). The highest BCUT2D eigenvalue weighted by Crippen LogP contribution is 2.38. The lowest BCUT2D eigenvalue weighted by Gasteiger charge is -2.31. The molecule has 0 bridgehead atoms. The van der Waals surface area contributed by atoms with E-state index in [0.29, 0.717) is 80.3 Å². The van der Waals surface area contributed by atoms with Gasteiger partial charge in [-0.15, -0.1) is 0 Å². The summed E-state index contributed by atoms with van der Waals surface area (Å²) in [4.78, 5) is 22.9. The van der Waals surface area contributed by atoms with Gasteiger partial charge in [0.25, 0.3) is 0 Å². The predicted molar refractivity (Wildman–Crippen MR) is 150 cm³/mol. The van der Waals surface area contributed by atoms with Crippen molar-refractivity contribution in [3.8, 4) is 16.9 Å². The van der Waals surface area contributed by atoms with E-state index in [1.807, 2.05) is 0 Å². The molecule has 13 heteroatoms. The molecule has 0 spiro atoms. The normalized spacial score (nSPS) is 14.7. The van der Waals surface area contributed by atoms with Crippen LogP contribution in [-0.2, 0) is 40.2 Å². The first-order chi connectivity index (χ1) is 19.7. The van der Waals surface area contributed by atoms with E-state index in [1.54, 1.807) is 47.2 Å². The monoisotopic (exact) mass is 588 g/mol. The number of benzene rings is 1. The summed E-state index contributed by atoms with van der Waals surface area (Å²) < 4.78 is 52.7. The Morgan fingerprint density at radius 1 is 1.10 bits per heavy atom. The van der Waals surface area contributed by atoms with E-state index < -0.39 is 16.0 Å². The fourth-order valence-electron chi connectivity index (χ4n) is 4.78. The van der Waals surface area contributed by atoms with Crippen molar-refractivity contribution in [2.75, 3.05) is 53.7 Å². The van der Waals surface area contributed by atoms with Gasteiger partial charge in [0.15, 0.2) is 0 Å². The van der Waals surface area contributed by atoms with Gasteiger partial charge in [-0.1, -0.05) is 6.07 Å². The molecule has 3 heterocycles. The van der Waals surface area contributed by atoms with Gasteiger partial charge in [-0.2, -0.15) is 9.40 Å². The molecule has 41 heavy (non-hydrogen) atoms. The minimum atomic E-state index is -3.87. The molecule has 0 radical (unpaired) electrons. The van der Waals surface area contributed by atoms with Gasteiger partial charge in [-0.25, -0.2) is 12.9 Å². The number of hydrogen-bond acceptors (Lipinski definition) is 9. The van der Waals surface area contributed by atoms with Crippen molar-refractivity contribution >= 4 is 27.4 Å². The summed E-state index contributed by atoms with van der Waals surface area (Å²) in [5, 5.41) is 6.96. The molecule has 3 aromatic rings. The molecule has 0 atom stereocenters. The Kier molecular flexibility index (Phi) is 10.3. The Bertz CT molecular complexity index is 1460. The third kappa shape index (κ3) is 7.41. The number of rotatable bonds is 13. The van der Waals surface area contributed by atoms with Crippen LogP contribution in [0.4, 0.5) is 0 Å². The fourth-order valence-corrected chi connectivity index (χ4v) is 6.48. The summed E-state index contributed by atoms with van der Waals surface area (Å²) in [5.74, 6) is -0.0781. The van der Waals surface area contributed by atoms with E-state index in [0.717, 1.165) is 0 Å². The number of sulfonamides is 1. The Balaban J connectivity index is 1.48. The number of carbonyl (C=O) groups is 2. The van der Waals surface area contributed by atoms with Gasteiger partial charge in [-0.05, 0) is 42.7 Å². The summed E-state index contributed by atoms with van der Waals surface area (Å²) in [5.41, 5.74) is 2.40. The highest BCUT2D eigenvalue weighted by atomic mass is 32.2. The molecule has 222 valence electrons. The quantitative estimate of drug-likeness (QED) is 0.235. The SMILES string of the molecule is COC(=O)Cc1cnn2ccc(-c3c(OC)cccc3S(=O)(=O)N3CCC(OCCOCCNC(C)=O)CC3)cc12. The predicted octanol–water partition coefficient (Wildman–Crippen LogP) is 2.05. The standard InChI is InChI=1S/C28H36N4O8S/c1-20(33)29-10-14-39-15-16-40-23-8-11-31(12-9-23)41(35,36)26-6-4-5-25(37-2)28(26)21-7-13-32-24(17-21)22(19-30-32)18-27(34)38-3/h4-7,13,17,19,23H,8-12,14-16,18H2,1-3H3,(H,29,33). The largest absolute Gasteiger partial charge is 0.496 e. The Morgan fingerprint density at radius 2 is 1.88 bits per heavy atom. The molecular formula is C28H36N4O8S. The maximum Gasteiger partial charge on any atom is 0.310 e. The van der Waals surface area contributed by atoms with Crippen molar-refractivity contribution in [1.82, 2.24) is 19.2 Å². The third-order valence-electron chi connectivity index (χ3n) is 6.88. The fraction of sp³-hybridized carbons (Fsp3) is 0.464. The average Bonchev–Trinajstić information content (AvgIpc) is 3.37. The first-order valence-electron chi connectivity index (χ1n) is 13.4. The van der Waals surface area contributed by atoms with Crippen molar-refractivity contribution in [3.05, 3.63) is 48.3 Å². The third-order valence-corrected chi connectivity index (χ3v) is 8.82. The number of esters is 1. The number of nitrogens with one attached hydrogen (secondary N) is 1. The van der Waals surface area contributed by atoms with Crippen LogP contribution in [-0.4, -0.2) is 94.0 Å². The first kappa shape index (κ1) is 30.4. The molecule has 1 amide bonds. The molecule has 1 aliphatic heterocycles. The van der Waals surface area contributed by atoms with Crippen molar-refractivity contribution in [2.45, 2.75) is 37.2 Å². The molecule has 1 aliphatic rings. The van der Waals surface area contributed by atoms with Crippen molar-refractivity contribution in [2.24, 2.45) is 0 Å². The highest BCUT2D eigenvalue weighted by molar-refractivity contribution is 7.89. The number of aromatic nitrogens is 2. The smallest absolute Gasteiger partial charge is 0.310 e. The van der Waals surface area contributed by atoms with Gasteiger partial charge < -0.3 is 24.3 Å². The second-order valence-corrected chi connectivity index (χ2v) is 11.5. The number of fused-ring (bicyclic) bond motifs is 1. The first-order valence-corrected chi connectivity index (χ1v) is 14.8.